The average Bonchev–Trinajstić information content (AvgIpc) is 2.30. The number of rotatable bonds is 4. The second kappa shape index (κ2) is 4.81. The van der Waals surface area contributed by atoms with Crippen LogP contribution >= 0.6 is 0 Å². The number of hydrogen-bond acceptors (Lipinski definition) is 4. The fourth-order valence-corrected chi connectivity index (χ4v) is 1.51. The van der Waals surface area contributed by atoms with E-state index in [1.807, 2.05) is 24.3 Å². The lowest BCUT2D eigenvalue weighted by molar-refractivity contribution is 0.315. The number of fused-ring (bicyclic) bond motifs is 1. The fourth-order valence-electron chi connectivity index (χ4n) is 1.51. The maximum absolute atomic E-state index is 5.88. The van der Waals surface area contributed by atoms with Crippen LogP contribution in [-0.2, 0) is 0 Å². The van der Waals surface area contributed by atoms with Gasteiger partial charge in [-0.3, -0.25) is 4.98 Å². The van der Waals surface area contributed by atoms with Crippen LogP contribution in [0.1, 0.15) is 6.42 Å². The second-order valence-electron chi connectivity index (χ2n) is 3.58. The van der Waals surface area contributed by atoms with Crippen LogP contribution in [0.5, 0.6) is 5.75 Å². The molecule has 2 rings (SSSR count). The number of benzene rings is 1. The first-order chi connectivity index (χ1) is 7.81. The molecule has 1 aromatic carbocycles. The number of nitrogen functional groups attached to an aromatic ring is 1. The molecule has 0 aliphatic carbocycles. The number of ether oxygens (including phenoxy) is 1. The molecule has 84 valence electrons. The highest BCUT2D eigenvalue weighted by molar-refractivity contribution is 5.84. The molecule has 0 aliphatic rings. The summed E-state index contributed by atoms with van der Waals surface area (Å²) in [4.78, 5) is 4.25. The van der Waals surface area contributed by atoms with Crippen LogP contribution in [0.2, 0.25) is 0 Å². The molecule has 0 saturated heterocycles. The molecule has 0 saturated carbocycles. The van der Waals surface area contributed by atoms with E-state index in [0.29, 0.717) is 24.6 Å². The monoisotopic (exact) mass is 217 g/mol. The molecule has 1 aromatic heterocycles. The second-order valence-corrected chi connectivity index (χ2v) is 3.58. The van der Waals surface area contributed by atoms with Crippen molar-refractivity contribution >= 4 is 16.6 Å². The summed E-state index contributed by atoms with van der Waals surface area (Å²) in [5.41, 5.74) is 12.8. The Labute approximate surface area is 94.2 Å². The largest absolute Gasteiger partial charge is 0.491 e. The van der Waals surface area contributed by atoms with Crippen molar-refractivity contribution in [1.82, 2.24) is 4.98 Å². The third-order valence-corrected chi connectivity index (χ3v) is 2.34. The molecule has 1 heterocycles. The molecule has 0 fully saturated rings. The molecule has 0 radical (unpaired) electrons. The number of nitrogens with two attached hydrogens (primary N) is 2. The third-order valence-electron chi connectivity index (χ3n) is 2.34. The van der Waals surface area contributed by atoms with Gasteiger partial charge in [0.2, 0.25) is 0 Å². The molecule has 2 aromatic rings. The normalized spacial score (nSPS) is 10.6. The van der Waals surface area contributed by atoms with Gasteiger partial charge in [-0.1, -0.05) is 6.07 Å². The number of hydrogen-bond donors (Lipinski definition) is 2. The Balaban J connectivity index is 2.27. The smallest absolute Gasteiger partial charge is 0.144 e. The summed E-state index contributed by atoms with van der Waals surface area (Å²) in [5, 5.41) is 1.02. The first-order valence-corrected chi connectivity index (χ1v) is 5.28. The average molecular weight is 217 g/mol. The number of anilines is 1. The van der Waals surface area contributed by atoms with Gasteiger partial charge in [-0.05, 0) is 25.1 Å². The highest BCUT2D eigenvalue weighted by Crippen LogP contribution is 2.26. The molecular formula is C12H15N3O. The van der Waals surface area contributed by atoms with Crippen LogP contribution in [0.25, 0.3) is 10.9 Å². The van der Waals surface area contributed by atoms with Crippen molar-refractivity contribution in [3.63, 3.8) is 0 Å². The van der Waals surface area contributed by atoms with Gasteiger partial charge in [0, 0.05) is 17.6 Å². The third kappa shape index (κ3) is 2.23. The van der Waals surface area contributed by atoms with Crippen LogP contribution < -0.4 is 16.2 Å². The first-order valence-electron chi connectivity index (χ1n) is 5.28. The van der Waals surface area contributed by atoms with Gasteiger partial charge in [-0.25, -0.2) is 0 Å². The quantitative estimate of drug-likeness (QED) is 0.602. The molecule has 0 aliphatic heterocycles. The summed E-state index contributed by atoms with van der Waals surface area (Å²) in [6, 6.07) is 7.60. The lowest BCUT2D eigenvalue weighted by Gasteiger charge is -2.09. The van der Waals surface area contributed by atoms with Crippen LogP contribution in [0.3, 0.4) is 0 Å². The minimum Gasteiger partial charge on any atom is -0.491 e. The van der Waals surface area contributed by atoms with Gasteiger partial charge in [-0.2, -0.15) is 0 Å². The zero-order chi connectivity index (χ0) is 11.4. The summed E-state index contributed by atoms with van der Waals surface area (Å²) in [6.45, 7) is 1.20. The van der Waals surface area contributed by atoms with Crippen LogP contribution in [0.15, 0.2) is 30.5 Å². The molecule has 4 N–H and O–H groups in total. The Kier molecular flexibility index (Phi) is 3.22. The van der Waals surface area contributed by atoms with Gasteiger partial charge >= 0.3 is 0 Å². The molecule has 0 amide bonds. The summed E-state index contributed by atoms with van der Waals surface area (Å²) >= 11 is 0. The van der Waals surface area contributed by atoms with Gasteiger partial charge in [0.1, 0.15) is 5.75 Å². The van der Waals surface area contributed by atoms with E-state index in [1.54, 1.807) is 6.20 Å². The van der Waals surface area contributed by atoms with Crippen molar-refractivity contribution in [2.75, 3.05) is 18.9 Å². The SMILES string of the molecule is NCCCOc1cc2ncccc2cc1N. The lowest BCUT2D eigenvalue weighted by Crippen LogP contribution is -2.07. The van der Waals surface area contributed by atoms with Gasteiger partial charge in [-0.15, -0.1) is 0 Å². The van der Waals surface area contributed by atoms with E-state index in [2.05, 4.69) is 4.98 Å². The molecular weight excluding hydrogens is 202 g/mol. The van der Waals surface area contributed by atoms with Crippen molar-refractivity contribution in [2.24, 2.45) is 5.73 Å². The molecule has 16 heavy (non-hydrogen) atoms. The van der Waals surface area contributed by atoms with Crippen molar-refractivity contribution in [3.8, 4) is 5.75 Å². The highest BCUT2D eigenvalue weighted by Gasteiger charge is 2.03. The van der Waals surface area contributed by atoms with Crippen LogP contribution in [-0.4, -0.2) is 18.1 Å². The van der Waals surface area contributed by atoms with Crippen molar-refractivity contribution in [2.45, 2.75) is 6.42 Å². The molecule has 0 unspecified atom stereocenters. The van der Waals surface area contributed by atoms with E-state index >= 15 is 0 Å². The van der Waals surface area contributed by atoms with Crippen LogP contribution in [0, 0.1) is 0 Å². The molecule has 0 spiro atoms. The summed E-state index contributed by atoms with van der Waals surface area (Å²) in [6.07, 6.45) is 2.57. The molecule has 0 bridgehead atoms. The van der Waals surface area contributed by atoms with Crippen molar-refractivity contribution in [3.05, 3.63) is 30.5 Å². The Hall–Kier alpha value is -1.81. The number of aromatic nitrogens is 1. The Morgan fingerprint density at radius 3 is 3.00 bits per heavy atom. The Bertz CT molecular complexity index is 485. The van der Waals surface area contributed by atoms with E-state index in [4.69, 9.17) is 16.2 Å². The summed E-state index contributed by atoms with van der Waals surface area (Å²) in [7, 11) is 0. The Morgan fingerprint density at radius 1 is 1.31 bits per heavy atom. The van der Waals surface area contributed by atoms with E-state index in [1.165, 1.54) is 0 Å². The predicted molar refractivity (Wildman–Crippen MR) is 65.3 cm³/mol. The summed E-state index contributed by atoms with van der Waals surface area (Å²) < 4.78 is 5.54. The zero-order valence-electron chi connectivity index (χ0n) is 9.02. The lowest BCUT2D eigenvalue weighted by atomic mass is 10.2. The minimum absolute atomic E-state index is 0.582. The number of nitrogens with zero attached hydrogens (tertiary/aromatic N) is 1. The number of pyridine rings is 1. The fraction of sp³-hybridized carbons (Fsp3) is 0.250. The van der Waals surface area contributed by atoms with E-state index in [-0.39, 0.29) is 0 Å². The van der Waals surface area contributed by atoms with Gasteiger partial charge in [0.15, 0.2) is 0 Å². The molecule has 0 atom stereocenters. The topological polar surface area (TPSA) is 74.2 Å². The molecule has 4 heteroatoms. The maximum atomic E-state index is 5.88. The Morgan fingerprint density at radius 2 is 2.19 bits per heavy atom. The van der Waals surface area contributed by atoms with Gasteiger partial charge < -0.3 is 16.2 Å². The standard InChI is InChI=1S/C12H15N3O/c13-4-2-6-16-12-8-11-9(7-10(12)14)3-1-5-15-11/h1,3,5,7-8H,2,4,6,13-14H2. The zero-order valence-corrected chi connectivity index (χ0v) is 9.02. The first kappa shape index (κ1) is 10.7. The van der Waals surface area contributed by atoms with Crippen molar-refractivity contribution in [1.29, 1.82) is 0 Å². The minimum atomic E-state index is 0.582. The van der Waals surface area contributed by atoms with E-state index in [9.17, 15) is 0 Å². The predicted octanol–water partition coefficient (Wildman–Crippen LogP) is 1.54. The van der Waals surface area contributed by atoms with E-state index < -0.39 is 0 Å². The van der Waals surface area contributed by atoms with Crippen LogP contribution in [0.4, 0.5) is 5.69 Å². The van der Waals surface area contributed by atoms with Crippen molar-refractivity contribution < 1.29 is 4.74 Å². The van der Waals surface area contributed by atoms with E-state index in [0.717, 1.165) is 17.3 Å². The van der Waals surface area contributed by atoms with Gasteiger partial charge in [0.05, 0.1) is 17.8 Å². The summed E-state index contributed by atoms with van der Waals surface area (Å²) in [5.74, 6) is 0.680. The van der Waals surface area contributed by atoms with Gasteiger partial charge in [0.25, 0.3) is 0 Å². The molecule has 4 nitrogen and oxygen atoms in total. The maximum Gasteiger partial charge on any atom is 0.144 e. The highest BCUT2D eigenvalue weighted by atomic mass is 16.5.